The molecule has 2 rings (SSSR count). The van der Waals surface area contributed by atoms with Crippen LogP contribution >= 0.6 is 0 Å². The normalized spacial score (nSPS) is 13.1. The van der Waals surface area contributed by atoms with Crippen LogP contribution in [0, 0.1) is 13.8 Å². The molecule has 130 valence electrons. The highest BCUT2D eigenvalue weighted by molar-refractivity contribution is 7.89. The molecule has 0 aliphatic heterocycles. The first kappa shape index (κ1) is 18.4. The largest absolute Gasteiger partial charge is 0.434 e. The molecule has 4 nitrogen and oxygen atoms in total. The fraction of sp³-hybridized carbons (Fsp3) is 0.294. The van der Waals surface area contributed by atoms with Crippen LogP contribution in [-0.4, -0.2) is 15.0 Å². The number of hydrogen-bond acceptors (Lipinski definition) is 3. The van der Waals surface area contributed by atoms with Crippen LogP contribution in [0.1, 0.15) is 29.7 Å². The zero-order valence-corrected chi connectivity index (χ0v) is 14.4. The van der Waals surface area contributed by atoms with Gasteiger partial charge < -0.3 is 4.74 Å². The second-order valence-electron chi connectivity index (χ2n) is 5.51. The van der Waals surface area contributed by atoms with E-state index in [1.54, 1.807) is 37.3 Å². The molecular formula is C17H19F2NO3S. The topological polar surface area (TPSA) is 55.4 Å². The highest BCUT2D eigenvalue weighted by Gasteiger charge is 2.21. The molecule has 24 heavy (non-hydrogen) atoms. The first-order valence-corrected chi connectivity index (χ1v) is 8.82. The fourth-order valence-electron chi connectivity index (χ4n) is 2.29. The van der Waals surface area contributed by atoms with E-state index in [0.29, 0.717) is 5.56 Å². The lowest BCUT2D eigenvalue weighted by Gasteiger charge is -2.18. The molecule has 0 aliphatic carbocycles. The van der Waals surface area contributed by atoms with Gasteiger partial charge >= 0.3 is 6.61 Å². The summed E-state index contributed by atoms with van der Waals surface area (Å²) < 4.78 is 57.0. The average molecular weight is 355 g/mol. The van der Waals surface area contributed by atoms with Crippen molar-refractivity contribution in [3.8, 4) is 5.75 Å². The summed E-state index contributed by atoms with van der Waals surface area (Å²) in [5.41, 5.74) is 2.18. The Kier molecular flexibility index (Phi) is 5.56. The van der Waals surface area contributed by atoms with Crippen molar-refractivity contribution in [2.75, 3.05) is 0 Å². The smallest absolute Gasteiger partial charge is 0.387 e. The van der Waals surface area contributed by atoms with E-state index in [4.69, 9.17) is 0 Å². The van der Waals surface area contributed by atoms with Crippen molar-refractivity contribution in [2.45, 2.75) is 38.3 Å². The van der Waals surface area contributed by atoms with E-state index in [1.165, 1.54) is 12.1 Å². The monoisotopic (exact) mass is 355 g/mol. The minimum Gasteiger partial charge on any atom is -0.434 e. The molecule has 1 unspecified atom stereocenters. The number of halogens is 2. The first-order valence-electron chi connectivity index (χ1n) is 7.34. The van der Waals surface area contributed by atoms with Crippen molar-refractivity contribution in [3.05, 3.63) is 59.2 Å². The second kappa shape index (κ2) is 7.27. The number of aryl methyl sites for hydroxylation is 2. The lowest BCUT2D eigenvalue weighted by atomic mass is 10.1. The molecule has 1 atom stereocenters. The molecule has 0 saturated carbocycles. The Morgan fingerprint density at radius 1 is 1.04 bits per heavy atom. The van der Waals surface area contributed by atoms with E-state index < -0.39 is 22.7 Å². The van der Waals surface area contributed by atoms with E-state index in [0.717, 1.165) is 11.1 Å². The summed E-state index contributed by atoms with van der Waals surface area (Å²) in [4.78, 5) is 0.129. The number of nitrogens with one attached hydrogen (secondary N) is 1. The van der Waals surface area contributed by atoms with Crippen molar-refractivity contribution < 1.29 is 21.9 Å². The van der Waals surface area contributed by atoms with E-state index in [2.05, 4.69) is 9.46 Å². The first-order chi connectivity index (χ1) is 11.2. The number of alkyl halides is 2. The highest BCUT2D eigenvalue weighted by Crippen LogP contribution is 2.27. The van der Waals surface area contributed by atoms with E-state index in [1.807, 2.05) is 13.8 Å². The number of rotatable bonds is 6. The maximum absolute atomic E-state index is 12.5. The zero-order chi connectivity index (χ0) is 17.9. The molecule has 0 heterocycles. The lowest BCUT2D eigenvalue weighted by Crippen LogP contribution is -2.27. The Labute approximate surface area is 140 Å². The van der Waals surface area contributed by atoms with Crippen molar-refractivity contribution in [1.82, 2.24) is 4.72 Å². The van der Waals surface area contributed by atoms with E-state index in [9.17, 15) is 17.2 Å². The van der Waals surface area contributed by atoms with Crippen LogP contribution in [0.5, 0.6) is 5.75 Å². The van der Waals surface area contributed by atoms with E-state index in [-0.39, 0.29) is 10.6 Å². The maximum atomic E-state index is 12.5. The lowest BCUT2D eigenvalue weighted by molar-refractivity contribution is -0.0506. The van der Waals surface area contributed by atoms with Crippen molar-refractivity contribution in [1.29, 1.82) is 0 Å². The van der Waals surface area contributed by atoms with Gasteiger partial charge in [0, 0.05) is 11.6 Å². The van der Waals surface area contributed by atoms with Gasteiger partial charge in [0.1, 0.15) is 5.75 Å². The molecule has 0 bridgehead atoms. The van der Waals surface area contributed by atoms with Crippen LogP contribution in [0.3, 0.4) is 0 Å². The molecule has 7 heteroatoms. The van der Waals surface area contributed by atoms with Crippen LogP contribution in [0.2, 0.25) is 0 Å². The van der Waals surface area contributed by atoms with Gasteiger partial charge in [0.2, 0.25) is 10.0 Å². The Bertz CT molecular complexity index is 822. The summed E-state index contributed by atoms with van der Waals surface area (Å²) in [5, 5.41) is 0. The quantitative estimate of drug-likeness (QED) is 0.854. The van der Waals surface area contributed by atoms with Crippen LogP contribution in [0.25, 0.3) is 0 Å². The number of para-hydroxylation sites is 1. The van der Waals surface area contributed by atoms with Gasteiger partial charge in [-0.3, -0.25) is 0 Å². The molecule has 0 spiro atoms. The Hall–Kier alpha value is -1.99. The summed E-state index contributed by atoms with van der Waals surface area (Å²) in [6, 6.07) is 10.2. The van der Waals surface area contributed by atoms with Crippen LogP contribution < -0.4 is 9.46 Å². The Morgan fingerprint density at radius 2 is 1.71 bits per heavy atom. The second-order valence-corrected chi connectivity index (χ2v) is 7.22. The molecule has 0 radical (unpaired) electrons. The maximum Gasteiger partial charge on any atom is 0.387 e. The predicted molar refractivity (Wildman–Crippen MR) is 87.7 cm³/mol. The highest BCUT2D eigenvalue weighted by atomic mass is 32.2. The van der Waals surface area contributed by atoms with Gasteiger partial charge in [-0.2, -0.15) is 8.78 Å². The molecule has 0 saturated heterocycles. The zero-order valence-electron chi connectivity index (χ0n) is 13.6. The van der Waals surface area contributed by atoms with Gasteiger partial charge in [-0.25, -0.2) is 13.1 Å². The summed E-state index contributed by atoms with van der Waals surface area (Å²) in [7, 11) is -3.79. The van der Waals surface area contributed by atoms with Crippen LogP contribution in [0.4, 0.5) is 8.78 Å². The predicted octanol–water partition coefficient (Wildman–Crippen LogP) is 3.94. The van der Waals surface area contributed by atoms with Gasteiger partial charge in [-0.15, -0.1) is 0 Å². The van der Waals surface area contributed by atoms with Crippen molar-refractivity contribution in [3.63, 3.8) is 0 Å². The molecule has 0 aliphatic rings. The molecule has 1 N–H and O–H groups in total. The average Bonchev–Trinajstić information content (AvgIpc) is 2.49. The summed E-state index contributed by atoms with van der Waals surface area (Å²) in [6.45, 7) is 2.31. The molecule has 2 aromatic carbocycles. The molecular weight excluding hydrogens is 336 g/mol. The van der Waals surface area contributed by atoms with Crippen molar-refractivity contribution >= 4 is 10.0 Å². The van der Waals surface area contributed by atoms with Crippen LogP contribution in [-0.2, 0) is 10.0 Å². The van der Waals surface area contributed by atoms with Crippen LogP contribution in [0.15, 0.2) is 47.4 Å². The van der Waals surface area contributed by atoms with Gasteiger partial charge in [0.15, 0.2) is 0 Å². The Balaban J connectivity index is 2.28. The third kappa shape index (κ3) is 4.30. The molecule has 2 aromatic rings. The van der Waals surface area contributed by atoms with Gasteiger partial charge in [-0.05, 0) is 50.1 Å². The van der Waals surface area contributed by atoms with E-state index >= 15 is 0 Å². The minimum absolute atomic E-state index is 0.0530. The number of ether oxygens (including phenoxy) is 1. The van der Waals surface area contributed by atoms with Crippen molar-refractivity contribution in [2.24, 2.45) is 0 Å². The SMILES string of the molecule is Cc1ccc(S(=O)(=O)NC(C)c2ccccc2OC(F)F)cc1C. The number of benzene rings is 2. The Morgan fingerprint density at radius 3 is 2.33 bits per heavy atom. The summed E-state index contributed by atoms with van der Waals surface area (Å²) in [6.07, 6.45) is 0. The summed E-state index contributed by atoms with van der Waals surface area (Å²) >= 11 is 0. The standard InChI is InChI=1S/C17H19F2NO3S/c1-11-8-9-14(10-12(11)2)24(21,22)20-13(3)15-6-4-5-7-16(15)23-17(18)19/h4-10,13,17,20H,1-3H3. The molecule has 0 amide bonds. The third-order valence-corrected chi connectivity index (χ3v) is 5.26. The number of hydrogen-bond donors (Lipinski definition) is 1. The van der Waals surface area contributed by atoms with Gasteiger partial charge in [-0.1, -0.05) is 24.3 Å². The minimum atomic E-state index is -3.79. The third-order valence-electron chi connectivity index (χ3n) is 3.72. The number of sulfonamides is 1. The molecule has 0 fully saturated rings. The van der Waals surface area contributed by atoms with Gasteiger partial charge in [0.05, 0.1) is 4.90 Å². The van der Waals surface area contributed by atoms with Gasteiger partial charge in [0.25, 0.3) is 0 Å². The fourth-order valence-corrected chi connectivity index (χ4v) is 3.59. The summed E-state index contributed by atoms with van der Waals surface area (Å²) in [5.74, 6) is -0.0530. The molecule has 0 aromatic heterocycles.